The Morgan fingerprint density at radius 3 is 2.35 bits per heavy atom. The number of carbonyl (C=O) groups excluding carboxylic acids is 2. The molecule has 1 saturated carbocycles. The molecule has 0 spiro atoms. The summed E-state index contributed by atoms with van der Waals surface area (Å²) in [6.07, 6.45) is 6.55. The molecule has 3 aliphatic rings. The maximum atomic E-state index is 12.7. The average Bonchev–Trinajstić information content (AvgIpc) is 3.46. The van der Waals surface area contributed by atoms with E-state index < -0.39 is 0 Å². The molecule has 1 saturated heterocycles. The van der Waals surface area contributed by atoms with Gasteiger partial charge in [-0.3, -0.25) is 9.59 Å². The first-order valence-corrected chi connectivity index (χ1v) is 10.6. The van der Waals surface area contributed by atoms with Gasteiger partial charge in [-0.15, -0.1) is 0 Å². The van der Waals surface area contributed by atoms with Crippen molar-refractivity contribution < 1.29 is 19.1 Å². The minimum Gasteiger partial charge on any atom is -0.493 e. The van der Waals surface area contributed by atoms with Gasteiger partial charge < -0.3 is 9.47 Å². The normalized spacial score (nSPS) is 26.2. The van der Waals surface area contributed by atoms with E-state index in [4.69, 9.17) is 21.1 Å². The summed E-state index contributed by atoms with van der Waals surface area (Å²) in [7, 11) is 1.56. The van der Waals surface area contributed by atoms with E-state index in [-0.39, 0.29) is 35.5 Å². The van der Waals surface area contributed by atoms with Crippen molar-refractivity contribution in [1.82, 2.24) is 5.01 Å². The molecule has 2 amide bonds. The van der Waals surface area contributed by atoms with Crippen molar-refractivity contribution in [2.45, 2.75) is 13.0 Å². The number of fused-ring (bicyclic) bond motifs is 5. The standard InChI is InChI=1S/C24H21ClN2O4/c1-30-20-10-15(4-9-19(20)31-13-14-2-7-18(25)8-3-14)12-26-27-23(28)21-16-5-6-17(11-16)22(21)24(27)29/h2-10,12,16-17,21-22H,11,13H2,1H3/b26-12-/t16-,17-,21-,22+/m0/s1. The van der Waals surface area contributed by atoms with E-state index >= 15 is 0 Å². The fourth-order valence-corrected chi connectivity index (χ4v) is 4.88. The van der Waals surface area contributed by atoms with Crippen LogP contribution >= 0.6 is 11.6 Å². The Kier molecular flexibility index (Phi) is 5.02. The monoisotopic (exact) mass is 436 g/mol. The van der Waals surface area contributed by atoms with Gasteiger partial charge in [0.15, 0.2) is 11.5 Å². The number of allylic oxidation sites excluding steroid dienone is 2. The van der Waals surface area contributed by atoms with Crippen LogP contribution in [0.1, 0.15) is 17.5 Å². The predicted octanol–water partition coefficient (Wildman–Crippen LogP) is 4.07. The summed E-state index contributed by atoms with van der Waals surface area (Å²) in [5.74, 6) is 0.565. The minimum atomic E-state index is -0.252. The van der Waals surface area contributed by atoms with E-state index in [2.05, 4.69) is 17.3 Å². The third kappa shape index (κ3) is 3.51. The highest BCUT2D eigenvalue weighted by atomic mass is 35.5. The summed E-state index contributed by atoms with van der Waals surface area (Å²) in [6.45, 7) is 0.372. The third-order valence-corrected chi connectivity index (χ3v) is 6.52. The van der Waals surface area contributed by atoms with Gasteiger partial charge in [0.05, 0.1) is 25.2 Å². The van der Waals surface area contributed by atoms with Crippen LogP contribution in [-0.4, -0.2) is 30.1 Å². The lowest BCUT2D eigenvalue weighted by molar-refractivity contribution is -0.140. The number of hydrogen-bond donors (Lipinski definition) is 0. The summed E-state index contributed by atoms with van der Waals surface area (Å²) in [5, 5.41) is 5.93. The lowest BCUT2D eigenvalue weighted by atomic mass is 9.85. The molecule has 2 fully saturated rings. The molecule has 6 nitrogen and oxygen atoms in total. The second-order valence-corrected chi connectivity index (χ2v) is 8.49. The topological polar surface area (TPSA) is 68.2 Å². The number of nitrogens with zero attached hydrogens (tertiary/aromatic N) is 2. The maximum absolute atomic E-state index is 12.7. The number of ether oxygens (including phenoxy) is 2. The van der Waals surface area contributed by atoms with Gasteiger partial charge in [0.2, 0.25) is 0 Å². The molecule has 2 aromatic rings. The van der Waals surface area contributed by atoms with Crippen molar-refractivity contribution in [2.24, 2.45) is 28.8 Å². The summed E-state index contributed by atoms with van der Waals surface area (Å²) in [4.78, 5) is 25.5. The number of rotatable bonds is 6. The highest BCUT2D eigenvalue weighted by Crippen LogP contribution is 2.52. The van der Waals surface area contributed by atoms with Crippen molar-refractivity contribution in [3.8, 4) is 11.5 Å². The SMILES string of the molecule is COc1cc(/C=N\N2C(=O)[C@@H]3[C@H](C2=O)[C@H]2C=C[C@H]3C2)ccc1OCc1ccc(Cl)cc1. The van der Waals surface area contributed by atoms with Gasteiger partial charge in [0.1, 0.15) is 6.61 Å². The van der Waals surface area contributed by atoms with Crippen molar-refractivity contribution in [1.29, 1.82) is 0 Å². The van der Waals surface area contributed by atoms with Crippen LogP contribution in [0.15, 0.2) is 59.7 Å². The molecular weight excluding hydrogens is 416 g/mol. The summed E-state index contributed by atoms with van der Waals surface area (Å²) in [6, 6.07) is 12.8. The van der Waals surface area contributed by atoms with Gasteiger partial charge in [-0.1, -0.05) is 35.9 Å². The van der Waals surface area contributed by atoms with E-state index in [1.807, 2.05) is 24.3 Å². The fourth-order valence-electron chi connectivity index (χ4n) is 4.75. The third-order valence-electron chi connectivity index (χ3n) is 6.26. The number of amides is 2. The highest BCUT2D eigenvalue weighted by Gasteiger charge is 2.59. The Balaban J connectivity index is 1.29. The van der Waals surface area contributed by atoms with Crippen molar-refractivity contribution in [3.05, 3.63) is 70.8 Å². The zero-order valence-electron chi connectivity index (χ0n) is 16.9. The second-order valence-electron chi connectivity index (χ2n) is 8.06. The zero-order chi connectivity index (χ0) is 21.5. The number of carbonyl (C=O) groups is 2. The van der Waals surface area contributed by atoms with E-state index in [0.29, 0.717) is 28.7 Å². The van der Waals surface area contributed by atoms with Gasteiger partial charge in [0.25, 0.3) is 11.8 Å². The van der Waals surface area contributed by atoms with Gasteiger partial charge in [-0.25, -0.2) is 0 Å². The number of benzene rings is 2. The molecule has 0 radical (unpaired) electrons. The van der Waals surface area contributed by atoms with Crippen LogP contribution in [-0.2, 0) is 16.2 Å². The lowest BCUT2D eigenvalue weighted by Crippen LogP contribution is -2.28. The molecule has 0 unspecified atom stereocenters. The number of halogens is 1. The molecule has 1 heterocycles. The Bertz CT molecular complexity index is 1070. The van der Waals surface area contributed by atoms with Gasteiger partial charge in [-0.2, -0.15) is 10.1 Å². The van der Waals surface area contributed by atoms with Crippen molar-refractivity contribution >= 4 is 29.6 Å². The molecule has 158 valence electrons. The summed E-state index contributed by atoms with van der Waals surface area (Å²) >= 11 is 5.91. The van der Waals surface area contributed by atoms with Gasteiger partial charge in [-0.05, 0) is 59.7 Å². The van der Waals surface area contributed by atoms with Crippen LogP contribution < -0.4 is 9.47 Å². The first-order valence-electron chi connectivity index (χ1n) is 10.2. The molecule has 2 aliphatic carbocycles. The zero-order valence-corrected chi connectivity index (χ0v) is 17.7. The molecule has 2 aromatic carbocycles. The lowest BCUT2D eigenvalue weighted by Gasteiger charge is -2.13. The fraction of sp³-hybridized carbons (Fsp3) is 0.292. The van der Waals surface area contributed by atoms with E-state index in [1.54, 1.807) is 25.3 Å². The molecule has 5 rings (SSSR count). The van der Waals surface area contributed by atoms with Crippen molar-refractivity contribution in [3.63, 3.8) is 0 Å². The van der Waals surface area contributed by atoms with Crippen LogP contribution in [0.2, 0.25) is 5.02 Å². The van der Waals surface area contributed by atoms with Crippen LogP contribution in [0.4, 0.5) is 0 Å². The van der Waals surface area contributed by atoms with E-state index in [0.717, 1.165) is 17.0 Å². The first-order chi connectivity index (χ1) is 15.0. The molecule has 31 heavy (non-hydrogen) atoms. The highest BCUT2D eigenvalue weighted by molar-refractivity contribution is 6.30. The molecule has 2 bridgehead atoms. The summed E-state index contributed by atoms with van der Waals surface area (Å²) in [5.41, 5.74) is 1.69. The molecule has 7 heteroatoms. The number of imide groups is 1. The largest absolute Gasteiger partial charge is 0.493 e. The Hall–Kier alpha value is -3.12. The molecule has 4 atom stereocenters. The van der Waals surface area contributed by atoms with Crippen LogP contribution in [0.25, 0.3) is 0 Å². The molecule has 0 N–H and O–H groups in total. The van der Waals surface area contributed by atoms with Crippen LogP contribution in [0.5, 0.6) is 11.5 Å². The van der Waals surface area contributed by atoms with Gasteiger partial charge >= 0.3 is 0 Å². The number of methoxy groups -OCH3 is 1. The molecule has 1 aliphatic heterocycles. The van der Waals surface area contributed by atoms with Crippen molar-refractivity contribution in [2.75, 3.05) is 7.11 Å². The summed E-state index contributed by atoms with van der Waals surface area (Å²) < 4.78 is 11.3. The molecule has 0 aromatic heterocycles. The van der Waals surface area contributed by atoms with Crippen LogP contribution in [0, 0.1) is 23.7 Å². The smallest absolute Gasteiger partial charge is 0.254 e. The van der Waals surface area contributed by atoms with Crippen LogP contribution in [0.3, 0.4) is 0 Å². The Morgan fingerprint density at radius 2 is 1.71 bits per heavy atom. The quantitative estimate of drug-likeness (QED) is 0.389. The minimum absolute atomic E-state index is 0.170. The molecular formula is C24H21ClN2O4. The Labute approximate surface area is 185 Å². The van der Waals surface area contributed by atoms with E-state index in [1.165, 1.54) is 6.21 Å². The average molecular weight is 437 g/mol. The maximum Gasteiger partial charge on any atom is 0.254 e. The first kappa shape index (κ1) is 19.8. The Morgan fingerprint density at radius 1 is 1.03 bits per heavy atom. The number of hydrogen-bond acceptors (Lipinski definition) is 5. The second kappa shape index (κ2) is 7.85. The predicted molar refractivity (Wildman–Crippen MR) is 116 cm³/mol. The van der Waals surface area contributed by atoms with E-state index in [9.17, 15) is 9.59 Å². The number of hydrazone groups is 1. The van der Waals surface area contributed by atoms with Gasteiger partial charge in [0, 0.05) is 5.02 Å².